The zero-order valence-electron chi connectivity index (χ0n) is 16.8. The molecule has 0 aromatic heterocycles. The second kappa shape index (κ2) is 13.8. The smallest absolute Gasteiger partial charge is 0.326 e. The zero-order chi connectivity index (χ0) is 22.6. The molecule has 0 aromatic rings. The first kappa shape index (κ1) is 26.7. The minimum atomic E-state index is -1.50. The predicted molar refractivity (Wildman–Crippen MR) is 107 cm³/mol. The second-order valence-electron chi connectivity index (χ2n) is 6.79. The summed E-state index contributed by atoms with van der Waals surface area (Å²) in [6, 6.07) is -3.73. The molecule has 11 nitrogen and oxygen atoms in total. The van der Waals surface area contributed by atoms with Crippen molar-refractivity contribution in [1.29, 1.82) is 0 Å². The van der Waals surface area contributed by atoms with E-state index < -0.39 is 54.2 Å². The number of hydrogen-bond acceptors (Lipinski definition) is 7. The van der Waals surface area contributed by atoms with Gasteiger partial charge in [-0.15, -0.1) is 0 Å². The van der Waals surface area contributed by atoms with Gasteiger partial charge in [-0.1, -0.05) is 13.8 Å². The standard InChI is InChI=1S/C17H30N4O7S/c1-9(2)6-12(17(27)28)21-16(26)11(7-14(23)24)20-15(25)10(4-5-29-3)19-13(22)8-18/h9-12H,4-8,18H2,1-3H3,(H,19,22)(H,20,25)(H,21,26)(H,23,24)(H,27,28). The van der Waals surface area contributed by atoms with Crippen LogP contribution in [-0.2, 0) is 24.0 Å². The number of nitrogens with one attached hydrogen (secondary N) is 3. The normalized spacial score (nSPS) is 13.8. The Kier molecular flexibility index (Phi) is 12.7. The lowest BCUT2D eigenvalue weighted by molar-refractivity contribution is -0.144. The van der Waals surface area contributed by atoms with Crippen molar-refractivity contribution in [1.82, 2.24) is 16.0 Å². The molecule has 0 aliphatic heterocycles. The third kappa shape index (κ3) is 11.3. The van der Waals surface area contributed by atoms with Gasteiger partial charge in [0, 0.05) is 0 Å². The molecule has 3 unspecified atom stereocenters. The molecule has 0 bridgehead atoms. The summed E-state index contributed by atoms with van der Waals surface area (Å²) in [5.74, 6) is -4.39. The number of thioether (sulfide) groups is 1. The summed E-state index contributed by atoms with van der Waals surface area (Å²) in [5.41, 5.74) is 5.24. The van der Waals surface area contributed by atoms with Crippen LogP contribution in [0.15, 0.2) is 0 Å². The summed E-state index contributed by atoms with van der Waals surface area (Å²) in [4.78, 5) is 59.0. The van der Waals surface area contributed by atoms with Gasteiger partial charge < -0.3 is 31.9 Å². The highest BCUT2D eigenvalue weighted by Crippen LogP contribution is 2.07. The van der Waals surface area contributed by atoms with Gasteiger partial charge in [0.15, 0.2) is 0 Å². The predicted octanol–water partition coefficient (Wildman–Crippen LogP) is -1.24. The van der Waals surface area contributed by atoms with Gasteiger partial charge in [-0.25, -0.2) is 4.79 Å². The number of rotatable bonds is 14. The van der Waals surface area contributed by atoms with Gasteiger partial charge in [-0.2, -0.15) is 11.8 Å². The van der Waals surface area contributed by atoms with Gasteiger partial charge in [-0.3, -0.25) is 19.2 Å². The van der Waals surface area contributed by atoms with Crippen molar-refractivity contribution in [2.24, 2.45) is 11.7 Å². The van der Waals surface area contributed by atoms with Crippen LogP contribution >= 0.6 is 11.8 Å². The molecule has 3 atom stereocenters. The van der Waals surface area contributed by atoms with E-state index in [0.29, 0.717) is 5.75 Å². The Morgan fingerprint density at radius 3 is 1.93 bits per heavy atom. The maximum Gasteiger partial charge on any atom is 0.326 e. The number of carboxylic acids is 2. The number of carbonyl (C=O) groups is 5. The van der Waals surface area contributed by atoms with Crippen LogP contribution in [0.5, 0.6) is 0 Å². The summed E-state index contributed by atoms with van der Waals surface area (Å²) in [6.45, 7) is 3.21. The van der Waals surface area contributed by atoms with Crippen molar-refractivity contribution >= 4 is 41.4 Å². The van der Waals surface area contributed by atoms with Gasteiger partial charge in [0.2, 0.25) is 17.7 Å². The minimum Gasteiger partial charge on any atom is -0.481 e. The quantitative estimate of drug-likeness (QED) is 0.194. The Labute approximate surface area is 173 Å². The lowest BCUT2D eigenvalue weighted by Gasteiger charge is -2.24. The first-order valence-electron chi connectivity index (χ1n) is 9.05. The molecule has 0 saturated carbocycles. The van der Waals surface area contributed by atoms with Gasteiger partial charge in [-0.05, 0) is 30.8 Å². The molecule has 0 radical (unpaired) electrons. The van der Waals surface area contributed by atoms with E-state index in [2.05, 4.69) is 16.0 Å². The van der Waals surface area contributed by atoms with Crippen molar-refractivity contribution < 1.29 is 34.2 Å². The van der Waals surface area contributed by atoms with E-state index in [1.165, 1.54) is 11.8 Å². The van der Waals surface area contributed by atoms with Gasteiger partial charge >= 0.3 is 11.9 Å². The molecule has 0 saturated heterocycles. The van der Waals surface area contributed by atoms with Crippen molar-refractivity contribution in [3.63, 3.8) is 0 Å². The van der Waals surface area contributed by atoms with Crippen molar-refractivity contribution in [2.45, 2.75) is 51.2 Å². The van der Waals surface area contributed by atoms with E-state index in [1.807, 2.05) is 0 Å². The first-order chi connectivity index (χ1) is 13.5. The van der Waals surface area contributed by atoms with Crippen LogP contribution < -0.4 is 21.7 Å². The Balaban J connectivity index is 5.33. The van der Waals surface area contributed by atoms with Gasteiger partial charge in [0.1, 0.15) is 18.1 Å². The molecule has 166 valence electrons. The molecule has 0 aromatic carbocycles. The monoisotopic (exact) mass is 434 g/mol. The zero-order valence-corrected chi connectivity index (χ0v) is 17.6. The lowest BCUT2D eigenvalue weighted by Crippen LogP contribution is -2.56. The van der Waals surface area contributed by atoms with E-state index in [-0.39, 0.29) is 25.3 Å². The number of nitrogens with two attached hydrogens (primary N) is 1. The molecule has 0 rings (SSSR count). The second-order valence-corrected chi connectivity index (χ2v) is 7.78. The fourth-order valence-corrected chi connectivity index (χ4v) is 2.85. The van der Waals surface area contributed by atoms with E-state index in [9.17, 15) is 29.1 Å². The van der Waals surface area contributed by atoms with E-state index >= 15 is 0 Å². The summed E-state index contributed by atoms with van der Waals surface area (Å²) in [5, 5.41) is 25.3. The number of carbonyl (C=O) groups excluding carboxylic acids is 3. The fourth-order valence-electron chi connectivity index (χ4n) is 2.38. The lowest BCUT2D eigenvalue weighted by atomic mass is 10.0. The molecule has 0 fully saturated rings. The van der Waals surface area contributed by atoms with Crippen LogP contribution in [0, 0.1) is 5.92 Å². The maximum absolute atomic E-state index is 12.5. The minimum absolute atomic E-state index is 0.0358. The van der Waals surface area contributed by atoms with E-state index in [4.69, 9.17) is 10.8 Å². The average molecular weight is 435 g/mol. The van der Waals surface area contributed by atoms with E-state index in [1.54, 1.807) is 20.1 Å². The Morgan fingerprint density at radius 2 is 1.48 bits per heavy atom. The molecule has 0 aliphatic rings. The van der Waals surface area contributed by atoms with Crippen molar-refractivity contribution in [2.75, 3.05) is 18.6 Å². The van der Waals surface area contributed by atoms with Crippen LogP contribution in [0.1, 0.15) is 33.1 Å². The molecule has 29 heavy (non-hydrogen) atoms. The molecule has 7 N–H and O–H groups in total. The fraction of sp³-hybridized carbons (Fsp3) is 0.706. The molecular formula is C17H30N4O7S. The van der Waals surface area contributed by atoms with Crippen LogP contribution in [0.4, 0.5) is 0 Å². The first-order valence-corrected chi connectivity index (χ1v) is 10.4. The molecular weight excluding hydrogens is 404 g/mol. The maximum atomic E-state index is 12.5. The van der Waals surface area contributed by atoms with Crippen LogP contribution in [0.25, 0.3) is 0 Å². The van der Waals surface area contributed by atoms with Crippen molar-refractivity contribution in [3.05, 3.63) is 0 Å². The van der Waals surface area contributed by atoms with Gasteiger partial charge in [0.25, 0.3) is 0 Å². The highest BCUT2D eigenvalue weighted by Gasteiger charge is 2.31. The summed E-state index contributed by atoms with van der Waals surface area (Å²) in [7, 11) is 0. The van der Waals surface area contributed by atoms with Crippen LogP contribution in [-0.4, -0.2) is 76.6 Å². The summed E-state index contributed by atoms with van der Waals surface area (Å²) in [6.07, 6.45) is 1.44. The molecule has 3 amide bonds. The molecule has 0 spiro atoms. The highest BCUT2D eigenvalue weighted by molar-refractivity contribution is 7.98. The largest absolute Gasteiger partial charge is 0.481 e. The number of hydrogen-bond donors (Lipinski definition) is 6. The Morgan fingerprint density at radius 1 is 0.931 bits per heavy atom. The number of carboxylic acid groups (broad SMARTS) is 2. The topological polar surface area (TPSA) is 188 Å². The average Bonchev–Trinajstić information content (AvgIpc) is 2.62. The van der Waals surface area contributed by atoms with Gasteiger partial charge in [0.05, 0.1) is 13.0 Å². The third-order valence-corrected chi connectivity index (χ3v) is 4.43. The SMILES string of the molecule is CSCCC(NC(=O)CN)C(=O)NC(CC(=O)O)C(=O)NC(CC(C)C)C(=O)O. The number of amides is 3. The molecule has 12 heteroatoms. The summed E-state index contributed by atoms with van der Waals surface area (Å²) < 4.78 is 0. The van der Waals surface area contributed by atoms with Crippen molar-refractivity contribution in [3.8, 4) is 0 Å². The highest BCUT2D eigenvalue weighted by atomic mass is 32.2. The molecule has 0 heterocycles. The Hall–Kier alpha value is -2.34. The van der Waals surface area contributed by atoms with Crippen LogP contribution in [0.3, 0.4) is 0 Å². The number of aliphatic carboxylic acids is 2. The Bertz CT molecular complexity index is 600. The third-order valence-electron chi connectivity index (χ3n) is 3.78. The van der Waals surface area contributed by atoms with Crippen LogP contribution in [0.2, 0.25) is 0 Å². The molecule has 0 aliphatic carbocycles. The van der Waals surface area contributed by atoms with E-state index in [0.717, 1.165) is 0 Å². The summed E-state index contributed by atoms with van der Waals surface area (Å²) >= 11 is 1.43.